The number of ether oxygens (including phenoxy) is 2. The molecular weight excluding hydrogens is 272 g/mol. The van der Waals surface area contributed by atoms with E-state index in [1.165, 1.54) is 6.42 Å². The van der Waals surface area contributed by atoms with Crippen LogP contribution in [0.15, 0.2) is 0 Å². The van der Waals surface area contributed by atoms with Crippen LogP contribution in [0.5, 0.6) is 0 Å². The number of carbonyl (C=O) groups is 2. The minimum absolute atomic E-state index is 0.0342. The number of hydrogen-bond donors (Lipinski definition) is 1. The number of aliphatic hydroxyl groups excluding tert-OH is 1. The molecule has 0 aromatic heterocycles. The van der Waals surface area contributed by atoms with Crippen LogP contribution in [0.25, 0.3) is 0 Å². The molecular formula is C16H26O5. The summed E-state index contributed by atoms with van der Waals surface area (Å²) in [5.41, 5.74) is 0. The van der Waals surface area contributed by atoms with E-state index in [9.17, 15) is 9.59 Å². The van der Waals surface area contributed by atoms with Crippen LogP contribution < -0.4 is 0 Å². The molecule has 2 aliphatic carbocycles. The van der Waals surface area contributed by atoms with Crippen LogP contribution in [0.3, 0.4) is 0 Å². The van der Waals surface area contributed by atoms with Gasteiger partial charge in [-0.25, -0.2) is 0 Å². The van der Waals surface area contributed by atoms with E-state index in [1.807, 2.05) is 0 Å². The highest BCUT2D eigenvalue weighted by Crippen LogP contribution is 2.32. The Labute approximate surface area is 126 Å². The van der Waals surface area contributed by atoms with Crippen molar-refractivity contribution in [2.45, 2.75) is 63.9 Å². The van der Waals surface area contributed by atoms with Gasteiger partial charge >= 0.3 is 11.9 Å². The first kappa shape index (κ1) is 16.3. The van der Waals surface area contributed by atoms with Crippen LogP contribution in [-0.2, 0) is 19.1 Å². The zero-order valence-corrected chi connectivity index (χ0v) is 12.6. The lowest BCUT2D eigenvalue weighted by Crippen LogP contribution is -2.32. The van der Waals surface area contributed by atoms with Crippen molar-refractivity contribution >= 4 is 11.9 Å². The number of carbonyl (C=O) groups excluding carboxylic acids is 2. The molecule has 0 bridgehead atoms. The third kappa shape index (κ3) is 4.99. The van der Waals surface area contributed by atoms with E-state index < -0.39 is 0 Å². The number of hydrogen-bond acceptors (Lipinski definition) is 5. The Balaban J connectivity index is 1.79. The second-order valence-corrected chi connectivity index (χ2v) is 6.15. The fraction of sp³-hybridized carbons (Fsp3) is 0.875. The van der Waals surface area contributed by atoms with Gasteiger partial charge in [-0.15, -0.1) is 0 Å². The minimum Gasteiger partial charge on any atom is -0.463 e. The summed E-state index contributed by atoms with van der Waals surface area (Å²) in [6.45, 7) is -0.127. The summed E-state index contributed by atoms with van der Waals surface area (Å²) in [4.78, 5) is 24.1. The molecule has 0 radical (unpaired) electrons. The maximum absolute atomic E-state index is 12.2. The Hall–Kier alpha value is -1.10. The number of esters is 2. The molecule has 0 amide bonds. The summed E-state index contributed by atoms with van der Waals surface area (Å²) in [5.74, 6) is -0.831. The predicted octanol–water partition coefficient (Wildman–Crippen LogP) is 2.20. The zero-order chi connectivity index (χ0) is 15.1. The quantitative estimate of drug-likeness (QED) is 0.788. The SMILES string of the molecule is O=C(OCCO)C1CCCC(C(=O)OC2CCCCC2)C1. The monoisotopic (exact) mass is 298 g/mol. The van der Waals surface area contributed by atoms with Gasteiger partial charge in [0.2, 0.25) is 0 Å². The van der Waals surface area contributed by atoms with Crippen LogP contribution in [0.4, 0.5) is 0 Å². The summed E-state index contributed by atoms with van der Waals surface area (Å²) in [6.07, 6.45) is 8.47. The zero-order valence-electron chi connectivity index (χ0n) is 12.6. The molecule has 120 valence electrons. The standard InChI is InChI=1S/C16H26O5/c17-9-10-20-15(18)12-5-4-6-13(11-12)16(19)21-14-7-2-1-3-8-14/h12-14,17H,1-11H2. The van der Waals surface area contributed by atoms with E-state index in [0.29, 0.717) is 6.42 Å². The molecule has 2 fully saturated rings. The molecule has 0 saturated heterocycles. The fourth-order valence-electron chi connectivity index (χ4n) is 3.33. The van der Waals surface area contributed by atoms with E-state index in [-0.39, 0.29) is 43.1 Å². The van der Waals surface area contributed by atoms with Crippen LogP contribution >= 0.6 is 0 Å². The fourth-order valence-corrected chi connectivity index (χ4v) is 3.33. The van der Waals surface area contributed by atoms with E-state index in [0.717, 1.165) is 44.9 Å². The van der Waals surface area contributed by atoms with Gasteiger partial charge in [0.1, 0.15) is 12.7 Å². The molecule has 5 heteroatoms. The van der Waals surface area contributed by atoms with E-state index in [2.05, 4.69) is 0 Å². The summed E-state index contributed by atoms with van der Waals surface area (Å²) in [7, 11) is 0. The van der Waals surface area contributed by atoms with Gasteiger partial charge < -0.3 is 14.6 Å². The van der Waals surface area contributed by atoms with Crippen LogP contribution in [0, 0.1) is 11.8 Å². The molecule has 0 aliphatic heterocycles. The Morgan fingerprint density at radius 3 is 2.24 bits per heavy atom. The second-order valence-electron chi connectivity index (χ2n) is 6.15. The Morgan fingerprint density at radius 1 is 0.905 bits per heavy atom. The van der Waals surface area contributed by atoms with Crippen molar-refractivity contribution in [2.75, 3.05) is 13.2 Å². The Kier molecular flexibility index (Phi) is 6.49. The summed E-state index contributed by atoms with van der Waals surface area (Å²) < 4.78 is 10.6. The molecule has 2 saturated carbocycles. The van der Waals surface area contributed by atoms with Crippen LogP contribution in [0.2, 0.25) is 0 Å². The van der Waals surface area contributed by atoms with Crippen molar-refractivity contribution in [1.82, 2.24) is 0 Å². The lowest BCUT2D eigenvalue weighted by Gasteiger charge is -2.29. The molecule has 0 spiro atoms. The first-order chi connectivity index (χ1) is 10.2. The highest BCUT2D eigenvalue weighted by molar-refractivity contribution is 5.76. The van der Waals surface area contributed by atoms with E-state index >= 15 is 0 Å². The third-order valence-electron chi connectivity index (χ3n) is 4.51. The smallest absolute Gasteiger partial charge is 0.309 e. The molecule has 2 atom stereocenters. The highest BCUT2D eigenvalue weighted by Gasteiger charge is 2.34. The van der Waals surface area contributed by atoms with Gasteiger partial charge in [0.25, 0.3) is 0 Å². The van der Waals surface area contributed by atoms with Gasteiger partial charge in [0, 0.05) is 0 Å². The second kappa shape index (κ2) is 8.37. The van der Waals surface area contributed by atoms with Gasteiger partial charge in [-0.05, 0) is 44.9 Å². The summed E-state index contributed by atoms with van der Waals surface area (Å²) in [5, 5.41) is 8.68. The Morgan fingerprint density at radius 2 is 1.57 bits per heavy atom. The van der Waals surface area contributed by atoms with Crippen LogP contribution in [0.1, 0.15) is 57.8 Å². The summed E-state index contributed by atoms with van der Waals surface area (Å²) in [6, 6.07) is 0. The topological polar surface area (TPSA) is 72.8 Å². The van der Waals surface area contributed by atoms with Gasteiger partial charge in [0.15, 0.2) is 0 Å². The average Bonchev–Trinajstić information content (AvgIpc) is 2.53. The van der Waals surface area contributed by atoms with Crippen molar-refractivity contribution in [2.24, 2.45) is 11.8 Å². The van der Waals surface area contributed by atoms with Gasteiger partial charge in [0.05, 0.1) is 18.4 Å². The first-order valence-corrected chi connectivity index (χ1v) is 8.18. The largest absolute Gasteiger partial charge is 0.463 e. The minimum atomic E-state index is -0.292. The average molecular weight is 298 g/mol. The first-order valence-electron chi connectivity index (χ1n) is 8.18. The Bertz CT molecular complexity index is 349. The third-order valence-corrected chi connectivity index (χ3v) is 4.51. The normalized spacial score (nSPS) is 27.1. The van der Waals surface area contributed by atoms with E-state index in [4.69, 9.17) is 14.6 Å². The van der Waals surface area contributed by atoms with Crippen molar-refractivity contribution in [3.63, 3.8) is 0 Å². The van der Waals surface area contributed by atoms with Crippen molar-refractivity contribution < 1.29 is 24.2 Å². The molecule has 2 rings (SSSR count). The molecule has 5 nitrogen and oxygen atoms in total. The molecule has 0 aromatic carbocycles. The van der Waals surface area contributed by atoms with Gasteiger partial charge in [-0.1, -0.05) is 12.8 Å². The van der Waals surface area contributed by atoms with Gasteiger partial charge in [-0.3, -0.25) is 9.59 Å². The molecule has 2 aliphatic rings. The van der Waals surface area contributed by atoms with Gasteiger partial charge in [-0.2, -0.15) is 0 Å². The van der Waals surface area contributed by atoms with E-state index in [1.54, 1.807) is 0 Å². The maximum atomic E-state index is 12.2. The lowest BCUT2D eigenvalue weighted by atomic mass is 9.81. The molecule has 21 heavy (non-hydrogen) atoms. The predicted molar refractivity (Wildman–Crippen MR) is 76.5 cm³/mol. The van der Waals surface area contributed by atoms with Crippen molar-refractivity contribution in [3.8, 4) is 0 Å². The van der Waals surface area contributed by atoms with Crippen LogP contribution in [-0.4, -0.2) is 36.4 Å². The lowest BCUT2D eigenvalue weighted by molar-refractivity contribution is -0.159. The molecule has 1 N–H and O–H groups in total. The molecule has 0 aromatic rings. The highest BCUT2D eigenvalue weighted by atomic mass is 16.5. The number of rotatable bonds is 5. The van der Waals surface area contributed by atoms with Crippen molar-refractivity contribution in [1.29, 1.82) is 0 Å². The number of aliphatic hydroxyl groups is 1. The molecule has 2 unspecified atom stereocenters. The summed E-state index contributed by atoms with van der Waals surface area (Å²) >= 11 is 0. The maximum Gasteiger partial charge on any atom is 0.309 e. The molecule has 0 heterocycles. The van der Waals surface area contributed by atoms with Crippen molar-refractivity contribution in [3.05, 3.63) is 0 Å².